The molecule has 6 heteroatoms. The Morgan fingerprint density at radius 1 is 1.13 bits per heavy atom. The highest BCUT2D eigenvalue weighted by atomic mass is 16.5. The number of carbonyl (C=O) groups is 1. The molecule has 30 heavy (non-hydrogen) atoms. The van der Waals surface area contributed by atoms with Gasteiger partial charge in [0.1, 0.15) is 0 Å². The predicted octanol–water partition coefficient (Wildman–Crippen LogP) is 3.49. The normalized spacial score (nSPS) is 22.4. The molecule has 1 saturated heterocycles. The SMILES string of the molecule is CN=C(NCCC1=CCCCC1)NCc1ccc(C(=O)N2CC(C)OC(C)C2)cc1. The maximum atomic E-state index is 12.8. The van der Waals surface area contributed by atoms with E-state index in [9.17, 15) is 4.79 Å². The molecule has 2 aliphatic rings. The first-order valence-corrected chi connectivity index (χ1v) is 11.2. The van der Waals surface area contributed by atoms with E-state index in [-0.39, 0.29) is 18.1 Å². The number of guanidine groups is 1. The monoisotopic (exact) mass is 412 g/mol. The summed E-state index contributed by atoms with van der Waals surface area (Å²) in [6, 6.07) is 7.84. The van der Waals surface area contributed by atoms with Crippen LogP contribution in [0.15, 0.2) is 40.9 Å². The van der Waals surface area contributed by atoms with Crippen LogP contribution in [0, 0.1) is 0 Å². The average Bonchev–Trinajstić information content (AvgIpc) is 2.76. The number of morpholine rings is 1. The zero-order valence-corrected chi connectivity index (χ0v) is 18.6. The molecule has 0 aromatic heterocycles. The fraction of sp³-hybridized carbons (Fsp3) is 0.583. The van der Waals surface area contributed by atoms with Crippen molar-refractivity contribution in [1.29, 1.82) is 0 Å². The summed E-state index contributed by atoms with van der Waals surface area (Å²) >= 11 is 0. The first-order chi connectivity index (χ1) is 14.5. The van der Waals surface area contributed by atoms with Crippen LogP contribution in [-0.4, -0.2) is 55.7 Å². The second kappa shape index (κ2) is 11.2. The van der Waals surface area contributed by atoms with E-state index in [0.29, 0.717) is 19.6 Å². The Bertz CT molecular complexity index is 747. The second-order valence-corrected chi connectivity index (χ2v) is 8.38. The van der Waals surface area contributed by atoms with Crippen molar-refractivity contribution in [2.24, 2.45) is 4.99 Å². The molecule has 1 amide bonds. The van der Waals surface area contributed by atoms with E-state index in [1.54, 1.807) is 12.6 Å². The van der Waals surface area contributed by atoms with Crippen LogP contribution >= 0.6 is 0 Å². The van der Waals surface area contributed by atoms with Crippen LogP contribution in [0.3, 0.4) is 0 Å². The van der Waals surface area contributed by atoms with Gasteiger partial charge in [-0.25, -0.2) is 0 Å². The predicted molar refractivity (Wildman–Crippen MR) is 122 cm³/mol. The van der Waals surface area contributed by atoms with Crippen LogP contribution in [0.25, 0.3) is 0 Å². The lowest BCUT2D eigenvalue weighted by Crippen LogP contribution is -2.48. The fourth-order valence-electron chi connectivity index (χ4n) is 4.17. The molecule has 164 valence electrons. The maximum Gasteiger partial charge on any atom is 0.254 e. The van der Waals surface area contributed by atoms with Crippen molar-refractivity contribution >= 4 is 11.9 Å². The summed E-state index contributed by atoms with van der Waals surface area (Å²) in [5.41, 5.74) is 3.41. The number of rotatable bonds is 6. The van der Waals surface area contributed by atoms with Gasteiger partial charge in [0, 0.05) is 38.8 Å². The minimum atomic E-state index is 0.0750. The molecule has 0 radical (unpaired) electrons. The number of allylic oxidation sites excluding steroid dienone is 1. The minimum absolute atomic E-state index is 0.0750. The number of ether oxygens (including phenoxy) is 1. The van der Waals surface area contributed by atoms with E-state index in [2.05, 4.69) is 21.7 Å². The maximum absolute atomic E-state index is 12.8. The largest absolute Gasteiger partial charge is 0.372 e. The van der Waals surface area contributed by atoms with E-state index in [4.69, 9.17) is 4.74 Å². The molecule has 1 aliphatic heterocycles. The van der Waals surface area contributed by atoms with Crippen molar-refractivity contribution in [3.05, 3.63) is 47.0 Å². The molecule has 0 saturated carbocycles. The molecule has 1 aromatic rings. The van der Waals surface area contributed by atoms with Gasteiger partial charge in [-0.3, -0.25) is 9.79 Å². The van der Waals surface area contributed by atoms with Crippen LogP contribution < -0.4 is 10.6 Å². The lowest BCUT2D eigenvalue weighted by atomic mass is 9.97. The Labute approximate surface area is 180 Å². The third-order valence-corrected chi connectivity index (χ3v) is 5.71. The molecular formula is C24H36N4O2. The van der Waals surface area contributed by atoms with Gasteiger partial charge in [-0.05, 0) is 63.6 Å². The van der Waals surface area contributed by atoms with E-state index >= 15 is 0 Å². The quantitative estimate of drug-likeness (QED) is 0.426. The number of amides is 1. The fourth-order valence-corrected chi connectivity index (χ4v) is 4.17. The number of hydrogen-bond donors (Lipinski definition) is 2. The second-order valence-electron chi connectivity index (χ2n) is 8.38. The summed E-state index contributed by atoms with van der Waals surface area (Å²) < 4.78 is 5.73. The number of carbonyl (C=O) groups excluding carboxylic acids is 1. The summed E-state index contributed by atoms with van der Waals surface area (Å²) in [5, 5.41) is 6.75. The standard InChI is InChI=1S/C24H36N4O2/c1-18-16-28(17-19(2)30-18)23(29)22-11-9-21(10-12-22)15-27-24(25-3)26-14-13-20-7-5-4-6-8-20/h7,9-12,18-19H,4-6,8,13-17H2,1-3H3,(H2,25,26,27). The zero-order chi connectivity index (χ0) is 21.3. The van der Waals surface area contributed by atoms with Crippen molar-refractivity contribution in [2.45, 2.75) is 64.7 Å². The molecule has 2 unspecified atom stereocenters. The van der Waals surface area contributed by atoms with Crippen molar-refractivity contribution in [3.63, 3.8) is 0 Å². The van der Waals surface area contributed by atoms with E-state index in [1.165, 1.54) is 25.7 Å². The molecule has 0 spiro atoms. The summed E-state index contributed by atoms with van der Waals surface area (Å²) in [5.74, 6) is 0.883. The molecular weight excluding hydrogens is 376 g/mol. The number of nitrogens with zero attached hydrogens (tertiary/aromatic N) is 2. The molecule has 1 heterocycles. The van der Waals surface area contributed by atoms with Gasteiger partial charge in [-0.2, -0.15) is 0 Å². The van der Waals surface area contributed by atoms with Crippen LogP contribution in [-0.2, 0) is 11.3 Å². The van der Waals surface area contributed by atoms with E-state index < -0.39 is 0 Å². The van der Waals surface area contributed by atoms with Crippen LogP contribution in [0.1, 0.15) is 61.9 Å². The molecule has 1 aromatic carbocycles. The summed E-state index contributed by atoms with van der Waals surface area (Å²) in [6.07, 6.45) is 8.74. The Kier molecular flexibility index (Phi) is 8.31. The molecule has 1 aliphatic carbocycles. The Hall–Kier alpha value is -2.34. The van der Waals surface area contributed by atoms with Gasteiger partial charge in [0.25, 0.3) is 5.91 Å². The topological polar surface area (TPSA) is 66.0 Å². The van der Waals surface area contributed by atoms with Gasteiger partial charge >= 0.3 is 0 Å². The molecule has 3 rings (SSSR count). The van der Waals surface area contributed by atoms with Gasteiger partial charge in [0.05, 0.1) is 12.2 Å². The van der Waals surface area contributed by atoms with Gasteiger partial charge in [0.2, 0.25) is 0 Å². The third-order valence-electron chi connectivity index (χ3n) is 5.71. The first-order valence-electron chi connectivity index (χ1n) is 11.2. The minimum Gasteiger partial charge on any atom is -0.372 e. The lowest BCUT2D eigenvalue weighted by molar-refractivity contribution is -0.0586. The zero-order valence-electron chi connectivity index (χ0n) is 18.6. The van der Waals surface area contributed by atoms with Crippen molar-refractivity contribution in [1.82, 2.24) is 15.5 Å². The molecule has 1 fully saturated rings. The van der Waals surface area contributed by atoms with Crippen LogP contribution in [0.4, 0.5) is 0 Å². The lowest BCUT2D eigenvalue weighted by Gasteiger charge is -2.35. The number of aliphatic imine (C=N–C) groups is 1. The highest BCUT2D eigenvalue weighted by Gasteiger charge is 2.26. The van der Waals surface area contributed by atoms with Gasteiger partial charge in [-0.15, -0.1) is 0 Å². The first kappa shape index (κ1) is 22.3. The molecule has 0 bridgehead atoms. The molecule has 2 atom stereocenters. The van der Waals surface area contributed by atoms with Crippen LogP contribution in [0.2, 0.25) is 0 Å². The Balaban J connectivity index is 1.45. The number of nitrogens with one attached hydrogen (secondary N) is 2. The van der Waals surface area contributed by atoms with E-state index in [0.717, 1.165) is 30.1 Å². The van der Waals surface area contributed by atoms with Crippen molar-refractivity contribution in [3.8, 4) is 0 Å². The smallest absolute Gasteiger partial charge is 0.254 e. The highest BCUT2D eigenvalue weighted by Crippen LogP contribution is 2.19. The van der Waals surface area contributed by atoms with Gasteiger partial charge in [0.15, 0.2) is 5.96 Å². The molecule has 2 N–H and O–H groups in total. The van der Waals surface area contributed by atoms with Crippen molar-refractivity contribution in [2.75, 3.05) is 26.7 Å². The number of benzene rings is 1. The van der Waals surface area contributed by atoms with Crippen molar-refractivity contribution < 1.29 is 9.53 Å². The van der Waals surface area contributed by atoms with Crippen LogP contribution in [0.5, 0.6) is 0 Å². The average molecular weight is 413 g/mol. The summed E-state index contributed by atoms with van der Waals surface area (Å²) in [7, 11) is 1.79. The van der Waals surface area contributed by atoms with E-state index in [1.807, 2.05) is 43.0 Å². The summed E-state index contributed by atoms with van der Waals surface area (Å²) in [4.78, 5) is 19.0. The Morgan fingerprint density at radius 3 is 2.50 bits per heavy atom. The molecule has 6 nitrogen and oxygen atoms in total. The number of hydrogen-bond acceptors (Lipinski definition) is 3. The Morgan fingerprint density at radius 2 is 1.87 bits per heavy atom. The third kappa shape index (κ3) is 6.59. The van der Waals surface area contributed by atoms with Gasteiger partial charge in [-0.1, -0.05) is 23.8 Å². The van der Waals surface area contributed by atoms with Gasteiger partial charge < -0.3 is 20.3 Å². The highest BCUT2D eigenvalue weighted by molar-refractivity contribution is 5.94. The summed E-state index contributed by atoms with van der Waals surface area (Å²) in [6.45, 7) is 6.88.